The molecule has 0 aliphatic carbocycles. The molecule has 13 heavy (non-hydrogen) atoms. The Morgan fingerprint density at radius 2 is 2.54 bits per heavy atom. The molecule has 0 radical (unpaired) electrons. The number of rotatable bonds is 4. The van der Waals surface area contributed by atoms with Crippen molar-refractivity contribution in [3.8, 4) is 0 Å². The van der Waals surface area contributed by atoms with Crippen molar-refractivity contribution in [2.24, 2.45) is 7.05 Å². The van der Waals surface area contributed by atoms with Crippen LogP contribution in [0.5, 0.6) is 0 Å². The van der Waals surface area contributed by atoms with Crippen molar-refractivity contribution >= 4 is 18.5 Å². The summed E-state index contributed by atoms with van der Waals surface area (Å²) in [5.41, 5.74) is 0. The lowest BCUT2D eigenvalue weighted by molar-refractivity contribution is -0.118. The summed E-state index contributed by atoms with van der Waals surface area (Å²) in [5.74, 6) is 0.886. The molecule has 1 heterocycles. The standard InChI is InChI=1S/C7H12N4OS/c1-11-5-9-6(10-11)2-3-8-7(12)4-13/h5,13H,2-4H2,1H3,(H,8,12). The van der Waals surface area contributed by atoms with Crippen LogP contribution in [0.1, 0.15) is 5.82 Å². The third-order valence-corrected chi connectivity index (χ3v) is 1.75. The van der Waals surface area contributed by atoms with Crippen LogP contribution in [0.25, 0.3) is 0 Å². The van der Waals surface area contributed by atoms with Crippen LogP contribution < -0.4 is 5.32 Å². The average Bonchev–Trinajstić information content (AvgIpc) is 2.51. The SMILES string of the molecule is Cn1cnc(CCNC(=O)CS)n1. The van der Waals surface area contributed by atoms with Gasteiger partial charge in [0.05, 0.1) is 5.75 Å². The van der Waals surface area contributed by atoms with E-state index >= 15 is 0 Å². The minimum absolute atomic E-state index is 0.0701. The zero-order chi connectivity index (χ0) is 9.68. The second-order valence-electron chi connectivity index (χ2n) is 2.59. The van der Waals surface area contributed by atoms with Gasteiger partial charge in [0.2, 0.25) is 5.91 Å². The number of amides is 1. The van der Waals surface area contributed by atoms with Crippen molar-refractivity contribution in [1.29, 1.82) is 0 Å². The van der Waals surface area contributed by atoms with Crippen LogP contribution in [-0.2, 0) is 18.3 Å². The third kappa shape index (κ3) is 3.45. The minimum Gasteiger partial charge on any atom is -0.355 e. The predicted octanol–water partition coefficient (Wildman–Crippen LogP) is -0.596. The molecule has 0 fully saturated rings. The Balaban J connectivity index is 2.24. The largest absolute Gasteiger partial charge is 0.355 e. The van der Waals surface area contributed by atoms with Crippen LogP contribution in [0.3, 0.4) is 0 Å². The maximum atomic E-state index is 10.8. The Labute approximate surface area is 81.9 Å². The normalized spacial score (nSPS) is 10.0. The fraction of sp³-hybridized carbons (Fsp3) is 0.571. The Morgan fingerprint density at radius 3 is 3.08 bits per heavy atom. The van der Waals surface area contributed by atoms with Crippen molar-refractivity contribution in [3.63, 3.8) is 0 Å². The molecule has 0 aromatic carbocycles. The van der Waals surface area contributed by atoms with E-state index < -0.39 is 0 Å². The van der Waals surface area contributed by atoms with E-state index in [0.717, 1.165) is 5.82 Å². The van der Waals surface area contributed by atoms with Crippen molar-refractivity contribution in [2.45, 2.75) is 6.42 Å². The molecule has 0 aliphatic heterocycles. The highest BCUT2D eigenvalue weighted by Crippen LogP contribution is 1.88. The lowest BCUT2D eigenvalue weighted by Gasteiger charge is -1.99. The molecular formula is C7H12N4OS. The summed E-state index contributed by atoms with van der Waals surface area (Å²) in [6.45, 7) is 0.559. The predicted molar refractivity (Wildman–Crippen MR) is 51.6 cm³/mol. The minimum atomic E-state index is -0.0701. The molecule has 1 aromatic rings. The molecule has 72 valence electrons. The lowest BCUT2D eigenvalue weighted by Crippen LogP contribution is -2.26. The summed E-state index contributed by atoms with van der Waals surface area (Å²) in [6.07, 6.45) is 2.29. The molecule has 1 N–H and O–H groups in total. The fourth-order valence-electron chi connectivity index (χ4n) is 0.868. The zero-order valence-corrected chi connectivity index (χ0v) is 8.29. The van der Waals surface area contributed by atoms with E-state index in [4.69, 9.17) is 0 Å². The van der Waals surface area contributed by atoms with Crippen LogP contribution in [0.15, 0.2) is 6.33 Å². The molecule has 1 aromatic heterocycles. The van der Waals surface area contributed by atoms with Gasteiger partial charge in [-0.25, -0.2) is 4.98 Å². The van der Waals surface area contributed by atoms with Gasteiger partial charge in [-0.15, -0.1) is 0 Å². The monoisotopic (exact) mass is 200 g/mol. The number of hydrogen-bond acceptors (Lipinski definition) is 4. The summed E-state index contributed by atoms with van der Waals surface area (Å²) in [4.78, 5) is 14.8. The molecule has 6 heteroatoms. The number of carbonyl (C=O) groups is 1. The molecule has 0 aliphatic rings. The maximum Gasteiger partial charge on any atom is 0.229 e. The number of carbonyl (C=O) groups excluding carboxylic acids is 1. The first kappa shape index (κ1) is 10.0. The van der Waals surface area contributed by atoms with E-state index in [1.165, 1.54) is 0 Å². The molecule has 0 bridgehead atoms. The van der Waals surface area contributed by atoms with Gasteiger partial charge >= 0.3 is 0 Å². The average molecular weight is 200 g/mol. The highest BCUT2D eigenvalue weighted by atomic mass is 32.1. The van der Waals surface area contributed by atoms with Gasteiger partial charge in [0.15, 0.2) is 5.82 Å². The first-order valence-corrected chi connectivity index (χ1v) is 4.57. The van der Waals surface area contributed by atoms with E-state index in [-0.39, 0.29) is 11.7 Å². The summed E-state index contributed by atoms with van der Waals surface area (Å²) in [5, 5.41) is 6.75. The number of nitrogens with one attached hydrogen (secondary N) is 1. The van der Waals surface area contributed by atoms with Crippen LogP contribution >= 0.6 is 12.6 Å². The van der Waals surface area contributed by atoms with Crippen LogP contribution in [0.4, 0.5) is 0 Å². The Bertz CT molecular complexity index is 286. The molecule has 1 rings (SSSR count). The van der Waals surface area contributed by atoms with Gasteiger partial charge < -0.3 is 5.32 Å². The van der Waals surface area contributed by atoms with E-state index in [0.29, 0.717) is 13.0 Å². The lowest BCUT2D eigenvalue weighted by atomic mass is 10.4. The van der Waals surface area contributed by atoms with Crippen LogP contribution in [-0.4, -0.2) is 33.0 Å². The topological polar surface area (TPSA) is 59.8 Å². The van der Waals surface area contributed by atoms with Crippen LogP contribution in [0, 0.1) is 0 Å². The van der Waals surface area contributed by atoms with Gasteiger partial charge in [-0.1, -0.05) is 0 Å². The van der Waals surface area contributed by atoms with Crippen molar-refractivity contribution in [1.82, 2.24) is 20.1 Å². The van der Waals surface area contributed by atoms with E-state index in [2.05, 4.69) is 28.0 Å². The van der Waals surface area contributed by atoms with Gasteiger partial charge in [0, 0.05) is 20.0 Å². The van der Waals surface area contributed by atoms with Gasteiger partial charge in [-0.3, -0.25) is 9.48 Å². The Morgan fingerprint density at radius 1 is 1.77 bits per heavy atom. The molecular weight excluding hydrogens is 188 g/mol. The molecule has 5 nitrogen and oxygen atoms in total. The van der Waals surface area contributed by atoms with Crippen molar-refractivity contribution < 1.29 is 4.79 Å². The quantitative estimate of drug-likeness (QED) is 0.638. The first-order valence-electron chi connectivity index (χ1n) is 3.94. The summed E-state index contributed by atoms with van der Waals surface area (Å²) in [6, 6.07) is 0. The van der Waals surface area contributed by atoms with Gasteiger partial charge in [-0.2, -0.15) is 17.7 Å². The molecule has 0 unspecified atom stereocenters. The highest BCUT2D eigenvalue weighted by Gasteiger charge is 2.00. The van der Waals surface area contributed by atoms with Crippen molar-refractivity contribution in [3.05, 3.63) is 12.2 Å². The third-order valence-electron chi connectivity index (χ3n) is 1.46. The summed E-state index contributed by atoms with van der Waals surface area (Å²) < 4.78 is 1.63. The van der Waals surface area contributed by atoms with E-state index in [1.54, 1.807) is 11.0 Å². The van der Waals surface area contributed by atoms with Crippen molar-refractivity contribution in [2.75, 3.05) is 12.3 Å². The van der Waals surface area contributed by atoms with Gasteiger partial charge in [0.25, 0.3) is 0 Å². The molecule has 0 spiro atoms. The number of thiol groups is 1. The number of hydrogen-bond donors (Lipinski definition) is 2. The maximum absolute atomic E-state index is 10.8. The van der Waals surface area contributed by atoms with E-state index in [1.807, 2.05) is 7.05 Å². The molecule has 1 amide bonds. The van der Waals surface area contributed by atoms with Crippen LogP contribution in [0.2, 0.25) is 0 Å². The molecule has 0 saturated carbocycles. The zero-order valence-electron chi connectivity index (χ0n) is 7.40. The summed E-state index contributed by atoms with van der Waals surface area (Å²) >= 11 is 3.83. The highest BCUT2D eigenvalue weighted by molar-refractivity contribution is 7.81. The van der Waals surface area contributed by atoms with E-state index in [9.17, 15) is 4.79 Å². The number of aryl methyl sites for hydroxylation is 1. The first-order chi connectivity index (χ1) is 6.22. The number of nitrogens with zero attached hydrogens (tertiary/aromatic N) is 3. The number of aromatic nitrogens is 3. The Kier molecular flexibility index (Phi) is 3.75. The van der Waals surface area contributed by atoms with Gasteiger partial charge in [-0.05, 0) is 0 Å². The Hall–Kier alpha value is -1.04. The fourth-order valence-corrected chi connectivity index (χ4v) is 0.980. The molecule has 0 saturated heterocycles. The second kappa shape index (κ2) is 4.86. The van der Waals surface area contributed by atoms with Gasteiger partial charge in [0.1, 0.15) is 6.33 Å². The summed E-state index contributed by atoms with van der Waals surface area (Å²) in [7, 11) is 1.81. The molecule has 0 atom stereocenters. The second-order valence-corrected chi connectivity index (χ2v) is 2.91. The smallest absolute Gasteiger partial charge is 0.229 e.